The summed E-state index contributed by atoms with van der Waals surface area (Å²) in [5, 5.41) is 7.63. The first kappa shape index (κ1) is 39.3. The number of hydrogen-bond donors (Lipinski definition) is 0. The second kappa shape index (κ2) is 14.9. The Kier molecular flexibility index (Phi) is 9.02. The Morgan fingerprint density at radius 2 is 0.969 bits per heavy atom. The molecule has 0 spiro atoms. The van der Waals surface area contributed by atoms with E-state index < -0.39 is 0 Å². The normalized spacial score (nSPS) is 13.1. The third kappa shape index (κ3) is 6.50. The van der Waals surface area contributed by atoms with Crippen LogP contribution in [0.3, 0.4) is 0 Å². The largest absolute Gasteiger partial charge is 0.310 e. The van der Waals surface area contributed by atoms with Crippen molar-refractivity contribution in [3.8, 4) is 44.5 Å². The van der Waals surface area contributed by atoms with Gasteiger partial charge in [0.1, 0.15) is 0 Å². The van der Waals surface area contributed by atoms with Gasteiger partial charge in [-0.3, -0.25) is 0 Å². The van der Waals surface area contributed by atoms with E-state index in [1.165, 1.54) is 103 Å². The number of thiophene rings is 1. The van der Waals surface area contributed by atoms with Crippen molar-refractivity contribution in [3.05, 3.63) is 223 Å². The summed E-state index contributed by atoms with van der Waals surface area (Å²) in [6.07, 6.45) is 0. The minimum absolute atomic E-state index is 0.130. The fraction of sp³-hybridized carbons (Fsp3) is 0.111. The molecule has 0 bridgehead atoms. The Hall–Kier alpha value is -7.26. The Labute approximate surface area is 385 Å². The van der Waals surface area contributed by atoms with E-state index >= 15 is 0 Å². The Morgan fingerprint density at radius 3 is 1.66 bits per heavy atom. The van der Waals surface area contributed by atoms with Crippen LogP contribution < -0.4 is 4.90 Å². The van der Waals surface area contributed by atoms with Crippen molar-refractivity contribution in [2.75, 3.05) is 4.90 Å². The van der Waals surface area contributed by atoms with Gasteiger partial charge in [-0.05, 0) is 137 Å². The van der Waals surface area contributed by atoms with E-state index in [2.05, 4.69) is 246 Å². The summed E-state index contributed by atoms with van der Waals surface area (Å²) < 4.78 is 2.61. The molecule has 0 atom stereocenters. The highest BCUT2D eigenvalue weighted by Crippen LogP contribution is 2.54. The average Bonchev–Trinajstić information content (AvgIpc) is 3.82. The van der Waals surface area contributed by atoms with Crippen molar-refractivity contribution in [2.45, 2.75) is 45.4 Å². The average molecular weight is 852 g/mol. The van der Waals surface area contributed by atoms with E-state index in [0.29, 0.717) is 0 Å². The molecule has 0 N–H and O–H groups in total. The number of anilines is 3. The molecule has 1 aliphatic rings. The molecule has 0 unspecified atom stereocenters. The standard InChI is InChI=1S/C63H49NS/c1-62(2,3)47-30-25-42(26-31-47)40-21-23-41(24-22-40)43-27-32-48(33-28-43)64(49-34-35-55-54(39-49)53-37-45-14-6-7-15-46(45)38-56(53)63(55,4)5)57-36-29-44-13-8-9-16-50(44)60(57)52-18-12-20-59-61(52)51-17-10-11-19-58(51)65-59/h6-39H,1-5H3. The Morgan fingerprint density at radius 1 is 0.415 bits per heavy atom. The topological polar surface area (TPSA) is 3.24 Å². The molecule has 11 aromatic rings. The van der Waals surface area contributed by atoms with Crippen LogP contribution in [0.1, 0.15) is 51.3 Å². The highest BCUT2D eigenvalue weighted by molar-refractivity contribution is 7.26. The summed E-state index contributed by atoms with van der Waals surface area (Å²) in [5.41, 5.74) is 17.5. The summed E-state index contributed by atoms with van der Waals surface area (Å²) in [5.74, 6) is 0. The van der Waals surface area contributed by atoms with Crippen molar-refractivity contribution in [3.63, 3.8) is 0 Å². The lowest BCUT2D eigenvalue weighted by Crippen LogP contribution is -2.15. The van der Waals surface area contributed by atoms with Crippen LogP contribution >= 0.6 is 11.3 Å². The lowest BCUT2D eigenvalue weighted by molar-refractivity contribution is 0.590. The van der Waals surface area contributed by atoms with E-state index in [-0.39, 0.29) is 10.8 Å². The molecule has 65 heavy (non-hydrogen) atoms. The first-order valence-corrected chi connectivity index (χ1v) is 23.6. The molecule has 0 fully saturated rings. The first-order valence-electron chi connectivity index (χ1n) is 22.8. The van der Waals surface area contributed by atoms with Crippen LogP contribution in [0.25, 0.3) is 86.2 Å². The monoisotopic (exact) mass is 851 g/mol. The number of fused-ring (bicyclic) bond motifs is 8. The number of benzene rings is 10. The van der Waals surface area contributed by atoms with Gasteiger partial charge < -0.3 is 4.90 Å². The second-order valence-corrected chi connectivity index (χ2v) is 20.4. The predicted molar refractivity (Wildman–Crippen MR) is 282 cm³/mol. The molecule has 0 amide bonds. The fourth-order valence-corrected chi connectivity index (χ4v) is 11.7. The van der Waals surface area contributed by atoms with E-state index in [9.17, 15) is 0 Å². The smallest absolute Gasteiger partial charge is 0.0546 e. The minimum atomic E-state index is -0.130. The van der Waals surface area contributed by atoms with Gasteiger partial charge in [-0.1, -0.05) is 186 Å². The number of rotatable bonds is 6. The quantitative estimate of drug-likeness (QED) is 0.161. The van der Waals surface area contributed by atoms with Gasteiger partial charge in [-0.2, -0.15) is 0 Å². The van der Waals surface area contributed by atoms with Gasteiger partial charge in [0.2, 0.25) is 0 Å². The third-order valence-electron chi connectivity index (χ3n) is 14.0. The van der Waals surface area contributed by atoms with E-state index in [1.54, 1.807) is 0 Å². The first-order chi connectivity index (χ1) is 31.6. The maximum Gasteiger partial charge on any atom is 0.0546 e. The van der Waals surface area contributed by atoms with E-state index in [0.717, 1.165) is 17.1 Å². The van der Waals surface area contributed by atoms with Gasteiger partial charge >= 0.3 is 0 Å². The summed E-state index contributed by atoms with van der Waals surface area (Å²) in [6, 6.07) is 77.4. The maximum absolute atomic E-state index is 2.51. The predicted octanol–water partition coefficient (Wildman–Crippen LogP) is 18.4. The van der Waals surface area contributed by atoms with Gasteiger partial charge in [-0.25, -0.2) is 0 Å². The Bertz CT molecular complexity index is 3640. The molecular weight excluding hydrogens is 803 g/mol. The molecule has 0 saturated heterocycles. The summed E-state index contributed by atoms with van der Waals surface area (Å²) >= 11 is 1.88. The van der Waals surface area contributed by atoms with Crippen molar-refractivity contribution in [1.82, 2.24) is 0 Å². The van der Waals surface area contributed by atoms with Gasteiger partial charge in [0.25, 0.3) is 0 Å². The SMILES string of the molecule is CC(C)(C)c1ccc(-c2ccc(-c3ccc(N(c4ccc5c(c4)-c4cc6ccccc6cc4C5(C)C)c4ccc5ccccc5c4-c4cccc5sc6ccccc6c45)cc3)cc2)cc1. The highest BCUT2D eigenvalue weighted by Gasteiger charge is 2.36. The summed E-state index contributed by atoms with van der Waals surface area (Å²) in [6.45, 7) is 11.6. The van der Waals surface area contributed by atoms with Crippen molar-refractivity contribution in [2.24, 2.45) is 0 Å². The molecular formula is C63H49NS. The lowest BCUT2D eigenvalue weighted by Gasteiger charge is -2.30. The molecule has 1 heterocycles. The molecule has 0 saturated carbocycles. The Balaban J connectivity index is 1.04. The molecule has 0 aliphatic heterocycles. The molecule has 1 nitrogen and oxygen atoms in total. The molecule has 10 aromatic carbocycles. The van der Waals surface area contributed by atoms with E-state index in [4.69, 9.17) is 0 Å². The van der Waals surface area contributed by atoms with Crippen LogP contribution in [0, 0.1) is 0 Å². The second-order valence-electron chi connectivity index (χ2n) is 19.3. The summed E-state index contributed by atoms with van der Waals surface area (Å²) in [7, 11) is 0. The van der Waals surface area contributed by atoms with Crippen LogP contribution in [0.2, 0.25) is 0 Å². The van der Waals surface area contributed by atoms with E-state index in [1.807, 2.05) is 11.3 Å². The van der Waals surface area contributed by atoms with Crippen LogP contribution in [0.5, 0.6) is 0 Å². The molecule has 1 aromatic heterocycles. The molecule has 1 aliphatic carbocycles. The lowest BCUT2D eigenvalue weighted by atomic mass is 9.82. The zero-order valence-corrected chi connectivity index (χ0v) is 38.3. The fourth-order valence-electron chi connectivity index (χ4n) is 10.5. The van der Waals surface area contributed by atoms with Gasteiger partial charge in [-0.15, -0.1) is 11.3 Å². The van der Waals surface area contributed by atoms with Crippen LogP contribution in [-0.4, -0.2) is 0 Å². The molecule has 312 valence electrons. The third-order valence-corrected chi connectivity index (χ3v) is 15.2. The summed E-state index contributed by atoms with van der Waals surface area (Å²) in [4.78, 5) is 2.51. The van der Waals surface area contributed by atoms with Crippen molar-refractivity contribution in [1.29, 1.82) is 0 Å². The van der Waals surface area contributed by atoms with Crippen LogP contribution in [-0.2, 0) is 10.8 Å². The van der Waals surface area contributed by atoms with Crippen molar-refractivity contribution >= 4 is 70.1 Å². The number of nitrogens with zero attached hydrogens (tertiary/aromatic N) is 1. The van der Waals surface area contributed by atoms with Crippen LogP contribution in [0.15, 0.2) is 206 Å². The maximum atomic E-state index is 2.51. The zero-order valence-electron chi connectivity index (χ0n) is 37.5. The highest BCUT2D eigenvalue weighted by atomic mass is 32.1. The molecule has 0 radical (unpaired) electrons. The van der Waals surface area contributed by atoms with Crippen LogP contribution in [0.4, 0.5) is 17.1 Å². The molecule has 12 rings (SSSR count). The minimum Gasteiger partial charge on any atom is -0.310 e. The van der Waals surface area contributed by atoms with Gasteiger partial charge in [0.15, 0.2) is 0 Å². The molecule has 2 heteroatoms. The van der Waals surface area contributed by atoms with Gasteiger partial charge in [0, 0.05) is 42.5 Å². The van der Waals surface area contributed by atoms with Gasteiger partial charge in [0.05, 0.1) is 5.69 Å². The number of hydrogen-bond acceptors (Lipinski definition) is 2. The van der Waals surface area contributed by atoms with Crippen molar-refractivity contribution < 1.29 is 0 Å². The zero-order chi connectivity index (χ0) is 44.0.